The van der Waals surface area contributed by atoms with Crippen LogP contribution in [-0.4, -0.2) is 39.9 Å². The van der Waals surface area contributed by atoms with Crippen LogP contribution in [0.25, 0.3) is 0 Å². The monoisotopic (exact) mass is 511 g/mol. The van der Waals surface area contributed by atoms with Gasteiger partial charge in [-0.1, -0.05) is 63.4 Å². The van der Waals surface area contributed by atoms with Gasteiger partial charge in [0.1, 0.15) is 0 Å². The van der Waals surface area contributed by atoms with Crippen LogP contribution in [0.15, 0.2) is 30.3 Å². The Hall–Kier alpha value is -1.96. The van der Waals surface area contributed by atoms with Crippen LogP contribution in [0.4, 0.5) is 5.13 Å². The van der Waals surface area contributed by atoms with Gasteiger partial charge in [0.2, 0.25) is 5.91 Å². The molecule has 0 saturated heterocycles. The number of thiazole rings is 1. The normalized spacial score (nSPS) is 32.4. The van der Waals surface area contributed by atoms with Gasteiger partial charge in [-0.3, -0.25) is 4.79 Å². The average molecular weight is 512 g/mol. The second-order valence-electron chi connectivity index (χ2n) is 11.8. The van der Waals surface area contributed by atoms with Crippen molar-refractivity contribution in [2.24, 2.45) is 16.7 Å². The Morgan fingerprint density at radius 1 is 1.14 bits per heavy atom. The predicted octanol–water partition coefficient (Wildman–Crippen LogP) is 5.01. The fourth-order valence-corrected chi connectivity index (χ4v) is 8.28. The van der Waals surface area contributed by atoms with Crippen LogP contribution in [0.3, 0.4) is 0 Å². The molecule has 2 fully saturated rings. The standard InChI is InChI=1S/C29H41N3O3S/c1-28-14-13-24(34)29(2,18-33)23(28)16-22-26(21(28)15-25(35)31-20-11-7-4-8-12-20)32-27(36-22)30-17-19-9-5-3-6-10-19/h3,5-6,9-10,20-21,23-24,33-34H,4,7-8,11-18H2,1-2H3,(H,30,32)(H,31,35). The van der Waals surface area contributed by atoms with Crippen LogP contribution in [0.5, 0.6) is 0 Å². The molecule has 1 amide bonds. The number of hydrogen-bond donors (Lipinski definition) is 4. The molecule has 36 heavy (non-hydrogen) atoms. The summed E-state index contributed by atoms with van der Waals surface area (Å²) in [5, 5.41) is 29.1. The lowest BCUT2D eigenvalue weighted by molar-refractivity contribution is -0.144. The Morgan fingerprint density at radius 2 is 1.89 bits per heavy atom. The Balaban J connectivity index is 1.43. The Bertz CT molecular complexity index is 1050. The van der Waals surface area contributed by atoms with Crippen LogP contribution in [-0.2, 0) is 17.8 Å². The molecular weight excluding hydrogens is 470 g/mol. The van der Waals surface area contributed by atoms with Gasteiger partial charge < -0.3 is 20.8 Å². The van der Waals surface area contributed by atoms with E-state index in [1.54, 1.807) is 11.3 Å². The number of fused-ring (bicyclic) bond motifs is 2. The Kier molecular flexibility index (Phi) is 7.44. The van der Waals surface area contributed by atoms with Crippen molar-refractivity contribution in [3.63, 3.8) is 0 Å². The zero-order valence-corrected chi connectivity index (χ0v) is 22.4. The van der Waals surface area contributed by atoms with Crippen LogP contribution in [0.1, 0.15) is 87.3 Å². The molecular formula is C29H41N3O3S. The van der Waals surface area contributed by atoms with E-state index >= 15 is 0 Å². The minimum Gasteiger partial charge on any atom is -0.396 e. The van der Waals surface area contributed by atoms with E-state index < -0.39 is 11.5 Å². The van der Waals surface area contributed by atoms with Crippen molar-refractivity contribution < 1.29 is 15.0 Å². The van der Waals surface area contributed by atoms with Crippen molar-refractivity contribution in [1.29, 1.82) is 0 Å². The zero-order chi connectivity index (χ0) is 25.3. The van der Waals surface area contributed by atoms with Crippen LogP contribution in [0.2, 0.25) is 0 Å². The Morgan fingerprint density at radius 3 is 2.61 bits per heavy atom. The third-order valence-corrected chi connectivity index (χ3v) is 10.6. The van der Waals surface area contributed by atoms with Gasteiger partial charge in [0.05, 0.1) is 18.4 Å². The van der Waals surface area contributed by atoms with Crippen molar-refractivity contribution in [3.05, 3.63) is 46.5 Å². The summed E-state index contributed by atoms with van der Waals surface area (Å²) in [5.41, 5.74) is 1.44. The summed E-state index contributed by atoms with van der Waals surface area (Å²) in [7, 11) is 0. The number of anilines is 1. The molecule has 196 valence electrons. The van der Waals surface area contributed by atoms with Crippen molar-refractivity contribution in [3.8, 4) is 0 Å². The molecule has 5 atom stereocenters. The molecule has 0 bridgehead atoms. The van der Waals surface area contributed by atoms with E-state index in [1.165, 1.54) is 29.7 Å². The third-order valence-electron chi connectivity index (χ3n) is 9.54. The van der Waals surface area contributed by atoms with Crippen molar-refractivity contribution in [1.82, 2.24) is 10.3 Å². The number of carbonyl (C=O) groups excluding carboxylic acids is 1. The summed E-state index contributed by atoms with van der Waals surface area (Å²) in [5.74, 6) is 0.168. The van der Waals surface area contributed by atoms with Crippen LogP contribution in [0, 0.1) is 16.7 Å². The third kappa shape index (κ3) is 4.82. The minimum absolute atomic E-state index is 0.0308. The van der Waals surface area contributed by atoms with Crippen molar-refractivity contribution in [2.75, 3.05) is 11.9 Å². The second-order valence-corrected chi connectivity index (χ2v) is 12.9. The first kappa shape index (κ1) is 25.7. The first-order chi connectivity index (χ1) is 17.3. The topological polar surface area (TPSA) is 94.5 Å². The van der Waals surface area contributed by atoms with E-state index in [1.807, 2.05) is 25.1 Å². The van der Waals surface area contributed by atoms with Gasteiger partial charge in [-0.05, 0) is 49.0 Å². The van der Waals surface area contributed by atoms with Gasteiger partial charge in [-0.15, -0.1) is 11.3 Å². The van der Waals surface area contributed by atoms with Crippen LogP contribution >= 0.6 is 11.3 Å². The largest absolute Gasteiger partial charge is 0.396 e. The fraction of sp³-hybridized carbons (Fsp3) is 0.655. The molecule has 6 nitrogen and oxygen atoms in total. The number of hydrogen-bond acceptors (Lipinski definition) is 6. The molecule has 2 saturated carbocycles. The number of aromatic nitrogens is 1. The lowest BCUT2D eigenvalue weighted by Crippen LogP contribution is -2.57. The van der Waals surface area contributed by atoms with Gasteiger partial charge in [0, 0.05) is 35.2 Å². The maximum atomic E-state index is 13.4. The summed E-state index contributed by atoms with van der Waals surface area (Å²) in [6.45, 7) is 4.95. The fourth-order valence-electron chi connectivity index (χ4n) is 7.21. The molecule has 0 spiro atoms. The first-order valence-corrected chi connectivity index (χ1v) is 14.5. The zero-order valence-electron chi connectivity index (χ0n) is 21.6. The van der Waals surface area contributed by atoms with E-state index in [4.69, 9.17) is 4.98 Å². The molecule has 7 heteroatoms. The lowest BCUT2D eigenvalue weighted by atomic mass is 9.47. The number of nitrogens with one attached hydrogen (secondary N) is 2. The highest BCUT2D eigenvalue weighted by molar-refractivity contribution is 7.15. The van der Waals surface area contributed by atoms with E-state index in [2.05, 4.69) is 29.7 Å². The molecule has 1 heterocycles. The van der Waals surface area contributed by atoms with Crippen LogP contribution < -0.4 is 10.6 Å². The predicted molar refractivity (Wildman–Crippen MR) is 144 cm³/mol. The molecule has 5 rings (SSSR count). The highest BCUT2D eigenvalue weighted by atomic mass is 32.1. The number of aliphatic hydroxyl groups is 2. The summed E-state index contributed by atoms with van der Waals surface area (Å²) >= 11 is 1.67. The quantitative estimate of drug-likeness (QED) is 0.419. The lowest BCUT2D eigenvalue weighted by Gasteiger charge is -2.58. The second kappa shape index (κ2) is 10.4. The number of amides is 1. The molecule has 2 aromatic rings. The molecule has 1 aromatic carbocycles. The summed E-state index contributed by atoms with van der Waals surface area (Å²) in [6, 6.07) is 10.6. The molecule has 0 aliphatic heterocycles. The van der Waals surface area contributed by atoms with E-state index in [9.17, 15) is 15.0 Å². The molecule has 3 aliphatic carbocycles. The van der Waals surface area contributed by atoms with Gasteiger partial charge in [-0.2, -0.15) is 0 Å². The van der Waals surface area contributed by atoms with Crippen molar-refractivity contribution >= 4 is 22.4 Å². The maximum Gasteiger partial charge on any atom is 0.220 e. The van der Waals surface area contributed by atoms with Gasteiger partial charge in [0.25, 0.3) is 0 Å². The maximum absolute atomic E-state index is 13.4. The van der Waals surface area contributed by atoms with Gasteiger partial charge >= 0.3 is 0 Å². The number of aliphatic hydroxyl groups excluding tert-OH is 2. The highest BCUT2D eigenvalue weighted by Crippen LogP contribution is 2.62. The summed E-state index contributed by atoms with van der Waals surface area (Å²) in [4.78, 5) is 19.6. The van der Waals surface area contributed by atoms with Gasteiger partial charge in [-0.25, -0.2) is 4.98 Å². The summed E-state index contributed by atoms with van der Waals surface area (Å²) < 4.78 is 0. The smallest absolute Gasteiger partial charge is 0.220 e. The van der Waals surface area contributed by atoms with E-state index in [0.717, 1.165) is 36.5 Å². The Labute approximate surface area is 218 Å². The number of nitrogens with zero attached hydrogens (tertiary/aromatic N) is 1. The van der Waals surface area contributed by atoms with E-state index in [0.29, 0.717) is 19.4 Å². The van der Waals surface area contributed by atoms with Gasteiger partial charge in [0.15, 0.2) is 5.13 Å². The molecule has 4 N–H and O–H groups in total. The minimum atomic E-state index is -0.593. The van der Waals surface area contributed by atoms with E-state index in [-0.39, 0.29) is 35.8 Å². The molecule has 1 aromatic heterocycles. The highest BCUT2D eigenvalue weighted by Gasteiger charge is 2.59. The average Bonchev–Trinajstić information content (AvgIpc) is 3.30. The SMILES string of the molecule is CC1(CO)C(O)CCC2(C)C(CC(=O)NC3CCCCC3)c3nc(NCc4ccccc4)sc3CC12. The number of benzene rings is 1. The first-order valence-electron chi connectivity index (χ1n) is 13.7. The number of carbonyl (C=O) groups is 1. The molecule has 5 unspecified atom stereocenters. The molecule has 0 radical (unpaired) electrons. The number of rotatable bonds is 7. The van der Waals surface area contributed by atoms with Crippen molar-refractivity contribution in [2.45, 2.75) is 96.2 Å². The molecule has 3 aliphatic rings. The summed E-state index contributed by atoms with van der Waals surface area (Å²) in [6.07, 6.45) is 7.91.